The van der Waals surface area contributed by atoms with Crippen LogP contribution in [0.2, 0.25) is 0 Å². The zero-order chi connectivity index (χ0) is 15.7. The molecule has 3 heterocycles. The third-order valence-electron chi connectivity index (χ3n) is 3.86. The maximum absolute atomic E-state index is 12.4. The van der Waals surface area contributed by atoms with Crippen LogP contribution in [0.5, 0.6) is 6.01 Å². The number of nitrogens with zero attached hydrogens (tertiary/aromatic N) is 3. The van der Waals surface area contributed by atoms with E-state index in [1.54, 1.807) is 10.6 Å². The normalized spacial score (nSPS) is 21.9. The summed E-state index contributed by atoms with van der Waals surface area (Å²) in [5, 5.41) is 0. The first kappa shape index (κ1) is 15.2. The lowest BCUT2D eigenvalue weighted by molar-refractivity contribution is -0.144. The Morgan fingerprint density at radius 3 is 3.23 bits per heavy atom. The standard InChI is InChI=1S/C14H17BrN4O3/c1-2-9-7-8(3-6-21-9)13(20)22-14-18-11(15)10-12(16)17-4-5-19(10)14/h4-5,8-9H,2-3,6-7H2,1H3,(H2,16,17). The molecule has 118 valence electrons. The first-order valence-electron chi connectivity index (χ1n) is 7.21. The third-order valence-corrected chi connectivity index (χ3v) is 4.41. The lowest BCUT2D eigenvalue weighted by Crippen LogP contribution is -2.32. The van der Waals surface area contributed by atoms with Gasteiger partial charge in [-0.25, -0.2) is 4.98 Å². The predicted molar refractivity (Wildman–Crippen MR) is 83.5 cm³/mol. The molecule has 2 atom stereocenters. The van der Waals surface area contributed by atoms with Gasteiger partial charge in [-0.2, -0.15) is 4.98 Å². The number of anilines is 1. The summed E-state index contributed by atoms with van der Waals surface area (Å²) >= 11 is 3.31. The minimum Gasteiger partial charge on any atom is -0.392 e. The van der Waals surface area contributed by atoms with Crippen LogP contribution in [-0.2, 0) is 9.53 Å². The van der Waals surface area contributed by atoms with Gasteiger partial charge in [0.1, 0.15) is 10.1 Å². The number of fused-ring (bicyclic) bond motifs is 1. The van der Waals surface area contributed by atoms with E-state index < -0.39 is 0 Å². The van der Waals surface area contributed by atoms with E-state index in [0.717, 1.165) is 6.42 Å². The highest BCUT2D eigenvalue weighted by Crippen LogP contribution is 2.28. The molecule has 22 heavy (non-hydrogen) atoms. The number of esters is 1. The van der Waals surface area contributed by atoms with Crippen LogP contribution in [0, 0.1) is 5.92 Å². The first-order valence-corrected chi connectivity index (χ1v) is 8.00. The van der Waals surface area contributed by atoms with Gasteiger partial charge in [0.05, 0.1) is 12.0 Å². The van der Waals surface area contributed by atoms with E-state index in [0.29, 0.717) is 35.4 Å². The maximum atomic E-state index is 12.4. The SMILES string of the molecule is CCC1CC(C(=O)Oc2nc(Br)c3c(N)nccn23)CCO1. The monoisotopic (exact) mass is 368 g/mol. The van der Waals surface area contributed by atoms with Gasteiger partial charge >= 0.3 is 12.0 Å². The van der Waals surface area contributed by atoms with Gasteiger partial charge < -0.3 is 15.2 Å². The maximum Gasteiger partial charge on any atom is 0.316 e. The third kappa shape index (κ3) is 2.80. The summed E-state index contributed by atoms with van der Waals surface area (Å²) in [6, 6.07) is 0.195. The molecule has 1 saturated heterocycles. The number of hydrogen-bond acceptors (Lipinski definition) is 6. The Bertz CT molecular complexity index is 703. The minimum absolute atomic E-state index is 0.120. The molecule has 0 aliphatic carbocycles. The molecule has 2 N–H and O–H groups in total. The lowest BCUT2D eigenvalue weighted by atomic mass is 9.94. The van der Waals surface area contributed by atoms with E-state index in [1.807, 2.05) is 6.92 Å². The molecule has 0 saturated carbocycles. The molecular formula is C14H17BrN4O3. The molecule has 0 aromatic carbocycles. The number of hydrogen-bond donors (Lipinski definition) is 1. The fourth-order valence-corrected chi connectivity index (χ4v) is 3.16. The predicted octanol–water partition coefficient (Wildman–Crippen LogP) is 2.18. The van der Waals surface area contributed by atoms with Crippen molar-refractivity contribution in [1.82, 2.24) is 14.4 Å². The van der Waals surface area contributed by atoms with Crippen molar-refractivity contribution in [3.05, 3.63) is 17.0 Å². The first-order chi connectivity index (χ1) is 10.6. The Kier molecular flexibility index (Phi) is 4.30. The van der Waals surface area contributed by atoms with Crippen LogP contribution in [0.1, 0.15) is 26.2 Å². The highest BCUT2D eigenvalue weighted by molar-refractivity contribution is 9.10. The van der Waals surface area contributed by atoms with Crippen LogP contribution in [0.3, 0.4) is 0 Å². The van der Waals surface area contributed by atoms with Crippen LogP contribution < -0.4 is 10.5 Å². The molecule has 1 aliphatic rings. The summed E-state index contributed by atoms with van der Waals surface area (Å²) in [7, 11) is 0. The van der Waals surface area contributed by atoms with Crippen molar-refractivity contribution < 1.29 is 14.3 Å². The summed E-state index contributed by atoms with van der Waals surface area (Å²) in [6.45, 7) is 2.63. The van der Waals surface area contributed by atoms with Crippen molar-refractivity contribution in [3.8, 4) is 6.01 Å². The molecule has 8 heteroatoms. The van der Waals surface area contributed by atoms with E-state index >= 15 is 0 Å². The van der Waals surface area contributed by atoms with E-state index in [1.165, 1.54) is 6.20 Å². The topological polar surface area (TPSA) is 91.7 Å². The molecule has 2 aromatic rings. The molecule has 0 spiro atoms. The number of aromatic nitrogens is 3. The summed E-state index contributed by atoms with van der Waals surface area (Å²) < 4.78 is 13.2. The lowest BCUT2D eigenvalue weighted by Gasteiger charge is -2.27. The van der Waals surface area contributed by atoms with Crippen molar-refractivity contribution in [3.63, 3.8) is 0 Å². The smallest absolute Gasteiger partial charge is 0.316 e. The van der Waals surface area contributed by atoms with E-state index in [-0.39, 0.29) is 24.0 Å². The van der Waals surface area contributed by atoms with E-state index in [4.69, 9.17) is 15.2 Å². The van der Waals surface area contributed by atoms with Gasteiger partial charge in [0.2, 0.25) is 0 Å². The Balaban J connectivity index is 1.81. The van der Waals surface area contributed by atoms with Crippen LogP contribution in [0.25, 0.3) is 5.52 Å². The van der Waals surface area contributed by atoms with Gasteiger partial charge in [0, 0.05) is 19.0 Å². The van der Waals surface area contributed by atoms with Crippen molar-refractivity contribution in [2.75, 3.05) is 12.3 Å². The second-order valence-corrected chi connectivity index (χ2v) is 6.01. The molecule has 0 amide bonds. The number of halogens is 1. The Labute approximate surface area is 135 Å². The molecule has 1 aliphatic heterocycles. The second kappa shape index (κ2) is 6.21. The number of ether oxygens (including phenoxy) is 2. The molecule has 2 aromatic heterocycles. The Hall–Kier alpha value is -1.67. The summed E-state index contributed by atoms with van der Waals surface area (Å²) in [5.74, 6) is -0.123. The van der Waals surface area contributed by atoms with Gasteiger partial charge in [0.15, 0.2) is 5.82 Å². The molecule has 1 fully saturated rings. The Morgan fingerprint density at radius 1 is 1.64 bits per heavy atom. The van der Waals surface area contributed by atoms with Gasteiger partial charge in [0.25, 0.3) is 0 Å². The van der Waals surface area contributed by atoms with E-state index in [9.17, 15) is 4.79 Å². The number of nitrogen functional groups attached to an aromatic ring is 1. The van der Waals surface area contributed by atoms with Gasteiger partial charge in [-0.05, 0) is 35.2 Å². The average molecular weight is 369 g/mol. The van der Waals surface area contributed by atoms with Gasteiger partial charge in [-0.3, -0.25) is 9.20 Å². The molecule has 0 bridgehead atoms. The van der Waals surface area contributed by atoms with Crippen LogP contribution in [-0.4, -0.2) is 33.0 Å². The fraction of sp³-hybridized carbons (Fsp3) is 0.500. The number of carbonyl (C=O) groups excluding carboxylic acids is 1. The highest BCUT2D eigenvalue weighted by atomic mass is 79.9. The van der Waals surface area contributed by atoms with Crippen molar-refractivity contribution in [2.45, 2.75) is 32.3 Å². The highest BCUT2D eigenvalue weighted by Gasteiger charge is 2.29. The van der Waals surface area contributed by atoms with Crippen LogP contribution in [0.15, 0.2) is 17.0 Å². The van der Waals surface area contributed by atoms with Gasteiger partial charge in [-0.15, -0.1) is 0 Å². The second-order valence-electron chi connectivity index (χ2n) is 5.26. The Morgan fingerprint density at radius 2 is 2.45 bits per heavy atom. The summed E-state index contributed by atoms with van der Waals surface area (Å²) in [6.07, 6.45) is 5.56. The van der Waals surface area contributed by atoms with Crippen molar-refractivity contribution >= 4 is 33.2 Å². The quantitative estimate of drug-likeness (QED) is 0.834. The minimum atomic E-state index is -0.281. The zero-order valence-electron chi connectivity index (χ0n) is 12.2. The summed E-state index contributed by atoms with van der Waals surface area (Å²) in [5.41, 5.74) is 6.41. The largest absolute Gasteiger partial charge is 0.392 e. The van der Waals surface area contributed by atoms with Gasteiger partial charge in [-0.1, -0.05) is 6.92 Å². The number of carbonyl (C=O) groups is 1. The van der Waals surface area contributed by atoms with Crippen LogP contribution >= 0.6 is 15.9 Å². The van der Waals surface area contributed by atoms with E-state index in [2.05, 4.69) is 25.9 Å². The molecule has 2 unspecified atom stereocenters. The number of imidazole rings is 1. The van der Waals surface area contributed by atoms with Crippen molar-refractivity contribution in [1.29, 1.82) is 0 Å². The number of nitrogens with two attached hydrogens (primary N) is 1. The fourth-order valence-electron chi connectivity index (χ4n) is 2.62. The molecule has 0 radical (unpaired) electrons. The molecule has 3 rings (SSSR count). The van der Waals surface area contributed by atoms with Crippen molar-refractivity contribution in [2.24, 2.45) is 5.92 Å². The van der Waals surface area contributed by atoms with Crippen LogP contribution in [0.4, 0.5) is 5.82 Å². The molecular weight excluding hydrogens is 352 g/mol. The average Bonchev–Trinajstić information content (AvgIpc) is 2.85. The number of rotatable bonds is 3. The molecule has 7 nitrogen and oxygen atoms in total. The zero-order valence-corrected chi connectivity index (χ0v) is 13.7. The summed E-state index contributed by atoms with van der Waals surface area (Å²) in [4.78, 5) is 20.6.